The van der Waals surface area contributed by atoms with Gasteiger partial charge in [-0.15, -0.1) is 0 Å². The van der Waals surface area contributed by atoms with Crippen LogP contribution in [0.25, 0.3) is 0 Å². The van der Waals surface area contributed by atoms with Crippen molar-refractivity contribution in [1.82, 2.24) is 10.2 Å². The fourth-order valence-electron chi connectivity index (χ4n) is 2.80. The minimum atomic E-state index is -0.415. The number of halogens is 1. The standard InChI is InChI=1S/C22H21BrN2O3/c23-20-12-11-19(28-20)22(27)24-15-21(26)25(16-18-9-5-2-6-10-18)14-13-17-7-3-1-4-8-17/h1-12H,13-16H2,(H,24,27). The molecule has 28 heavy (non-hydrogen) atoms. The molecule has 2 aromatic carbocycles. The van der Waals surface area contributed by atoms with Crippen LogP contribution >= 0.6 is 15.9 Å². The predicted molar refractivity (Wildman–Crippen MR) is 111 cm³/mol. The fraction of sp³-hybridized carbons (Fsp3) is 0.182. The first kappa shape index (κ1) is 19.9. The van der Waals surface area contributed by atoms with Crippen LogP contribution in [-0.2, 0) is 17.8 Å². The van der Waals surface area contributed by atoms with Crippen LogP contribution in [0.4, 0.5) is 0 Å². The number of rotatable bonds is 8. The summed E-state index contributed by atoms with van der Waals surface area (Å²) in [4.78, 5) is 26.7. The van der Waals surface area contributed by atoms with Crippen molar-refractivity contribution in [2.45, 2.75) is 13.0 Å². The molecule has 0 aliphatic heterocycles. The summed E-state index contributed by atoms with van der Waals surface area (Å²) in [6.07, 6.45) is 0.749. The van der Waals surface area contributed by atoms with Gasteiger partial charge in [-0.3, -0.25) is 9.59 Å². The molecular formula is C22H21BrN2O3. The highest BCUT2D eigenvalue weighted by Gasteiger charge is 2.17. The first-order valence-corrected chi connectivity index (χ1v) is 9.80. The molecule has 0 bridgehead atoms. The molecule has 0 spiro atoms. The Morgan fingerprint density at radius 2 is 1.54 bits per heavy atom. The highest BCUT2D eigenvalue weighted by Crippen LogP contribution is 2.14. The summed E-state index contributed by atoms with van der Waals surface area (Å²) >= 11 is 3.16. The van der Waals surface area contributed by atoms with Crippen LogP contribution in [0.5, 0.6) is 0 Å². The zero-order valence-electron chi connectivity index (χ0n) is 15.3. The third kappa shape index (κ3) is 5.82. The summed E-state index contributed by atoms with van der Waals surface area (Å²) in [5, 5.41) is 2.63. The number of benzene rings is 2. The van der Waals surface area contributed by atoms with E-state index < -0.39 is 5.91 Å². The summed E-state index contributed by atoms with van der Waals surface area (Å²) in [5.74, 6) is -0.390. The molecule has 0 saturated carbocycles. The molecule has 0 unspecified atom stereocenters. The molecule has 0 fully saturated rings. The van der Waals surface area contributed by atoms with Crippen LogP contribution in [0.15, 0.2) is 81.9 Å². The quantitative estimate of drug-likeness (QED) is 0.574. The molecule has 0 atom stereocenters. The Balaban J connectivity index is 1.62. The second-order valence-electron chi connectivity index (χ2n) is 6.32. The van der Waals surface area contributed by atoms with Gasteiger partial charge in [0.1, 0.15) is 0 Å². The van der Waals surface area contributed by atoms with Crippen LogP contribution in [0, 0.1) is 0 Å². The van der Waals surface area contributed by atoms with Gasteiger partial charge in [-0.2, -0.15) is 0 Å². The molecular weight excluding hydrogens is 420 g/mol. The lowest BCUT2D eigenvalue weighted by atomic mass is 10.1. The summed E-state index contributed by atoms with van der Waals surface area (Å²) in [5.41, 5.74) is 2.21. The first-order valence-electron chi connectivity index (χ1n) is 9.01. The molecule has 0 saturated heterocycles. The number of amides is 2. The van der Waals surface area contributed by atoms with Gasteiger partial charge in [0.25, 0.3) is 5.91 Å². The van der Waals surface area contributed by atoms with E-state index in [9.17, 15) is 9.59 Å². The number of hydrogen-bond acceptors (Lipinski definition) is 3. The average Bonchev–Trinajstić information content (AvgIpc) is 3.17. The minimum absolute atomic E-state index is 0.0845. The van der Waals surface area contributed by atoms with Gasteiger partial charge in [0, 0.05) is 13.1 Å². The maximum Gasteiger partial charge on any atom is 0.287 e. The van der Waals surface area contributed by atoms with Crippen molar-refractivity contribution in [3.63, 3.8) is 0 Å². The van der Waals surface area contributed by atoms with Crippen LogP contribution in [0.2, 0.25) is 0 Å². The van der Waals surface area contributed by atoms with Gasteiger partial charge < -0.3 is 14.6 Å². The van der Waals surface area contributed by atoms with E-state index in [1.165, 1.54) is 0 Å². The molecule has 0 aliphatic carbocycles. The van der Waals surface area contributed by atoms with Crippen molar-refractivity contribution >= 4 is 27.7 Å². The summed E-state index contributed by atoms with van der Waals surface area (Å²) in [7, 11) is 0. The van der Waals surface area contributed by atoms with Gasteiger partial charge in [-0.1, -0.05) is 60.7 Å². The van der Waals surface area contributed by atoms with Gasteiger partial charge in [0.05, 0.1) is 6.54 Å². The Labute approximate surface area is 172 Å². The SMILES string of the molecule is O=C(NCC(=O)N(CCc1ccccc1)Cc1ccccc1)c1ccc(Br)o1. The molecule has 0 radical (unpaired) electrons. The van der Waals surface area contributed by atoms with E-state index >= 15 is 0 Å². The smallest absolute Gasteiger partial charge is 0.287 e. The molecule has 1 aromatic heterocycles. The summed E-state index contributed by atoms with van der Waals surface area (Å²) in [6.45, 7) is 0.980. The number of carbonyl (C=O) groups excluding carboxylic acids is 2. The topological polar surface area (TPSA) is 62.6 Å². The predicted octanol–water partition coefficient (Wildman–Crippen LogP) is 4.04. The van der Waals surface area contributed by atoms with Gasteiger partial charge in [0.2, 0.25) is 5.91 Å². The van der Waals surface area contributed by atoms with Gasteiger partial charge in [-0.05, 0) is 45.6 Å². The van der Waals surface area contributed by atoms with E-state index in [4.69, 9.17) is 4.42 Å². The van der Waals surface area contributed by atoms with E-state index in [1.54, 1.807) is 17.0 Å². The van der Waals surface area contributed by atoms with Crippen molar-refractivity contribution in [2.24, 2.45) is 0 Å². The third-order valence-electron chi connectivity index (χ3n) is 4.28. The highest BCUT2D eigenvalue weighted by molar-refractivity contribution is 9.10. The van der Waals surface area contributed by atoms with Crippen LogP contribution in [0.3, 0.4) is 0 Å². The van der Waals surface area contributed by atoms with E-state index in [1.807, 2.05) is 60.7 Å². The van der Waals surface area contributed by atoms with Crippen LogP contribution < -0.4 is 5.32 Å². The zero-order valence-corrected chi connectivity index (χ0v) is 16.9. The number of furan rings is 1. The second kappa shape index (κ2) is 9.90. The van der Waals surface area contributed by atoms with Crippen molar-refractivity contribution < 1.29 is 14.0 Å². The average molecular weight is 441 g/mol. The first-order chi connectivity index (χ1) is 13.6. The lowest BCUT2D eigenvalue weighted by Crippen LogP contribution is -2.40. The largest absolute Gasteiger partial charge is 0.444 e. The lowest BCUT2D eigenvalue weighted by Gasteiger charge is -2.23. The normalized spacial score (nSPS) is 10.5. The van der Waals surface area contributed by atoms with Crippen molar-refractivity contribution in [3.05, 3.63) is 94.4 Å². The molecule has 2 amide bonds. The Hall–Kier alpha value is -2.86. The fourth-order valence-corrected chi connectivity index (χ4v) is 3.10. The Kier molecular flexibility index (Phi) is 7.03. The summed E-state index contributed by atoms with van der Waals surface area (Å²) in [6, 6.07) is 23.0. The highest BCUT2D eigenvalue weighted by atomic mass is 79.9. The van der Waals surface area contributed by atoms with Crippen LogP contribution in [0.1, 0.15) is 21.7 Å². The molecule has 5 nitrogen and oxygen atoms in total. The number of hydrogen-bond donors (Lipinski definition) is 1. The number of nitrogens with one attached hydrogen (secondary N) is 1. The Bertz CT molecular complexity index is 910. The molecule has 3 aromatic rings. The molecule has 1 N–H and O–H groups in total. The van der Waals surface area contributed by atoms with Crippen LogP contribution in [-0.4, -0.2) is 29.8 Å². The van der Waals surface area contributed by atoms with Crippen molar-refractivity contribution in [2.75, 3.05) is 13.1 Å². The number of carbonyl (C=O) groups is 2. The monoisotopic (exact) mass is 440 g/mol. The number of nitrogens with zero attached hydrogens (tertiary/aromatic N) is 1. The Morgan fingerprint density at radius 1 is 0.893 bits per heavy atom. The molecule has 1 heterocycles. The van der Waals surface area contributed by atoms with E-state index in [2.05, 4.69) is 21.2 Å². The zero-order chi connectivity index (χ0) is 19.8. The molecule has 3 rings (SSSR count). The molecule has 144 valence electrons. The molecule has 0 aliphatic rings. The second-order valence-corrected chi connectivity index (χ2v) is 7.10. The molecule has 6 heteroatoms. The van der Waals surface area contributed by atoms with E-state index in [0.29, 0.717) is 17.8 Å². The minimum Gasteiger partial charge on any atom is -0.444 e. The van der Waals surface area contributed by atoms with Crippen molar-refractivity contribution in [1.29, 1.82) is 0 Å². The van der Waals surface area contributed by atoms with Gasteiger partial charge >= 0.3 is 0 Å². The lowest BCUT2D eigenvalue weighted by molar-refractivity contribution is -0.130. The van der Waals surface area contributed by atoms with Gasteiger partial charge in [-0.25, -0.2) is 0 Å². The van der Waals surface area contributed by atoms with Crippen molar-refractivity contribution in [3.8, 4) is 0 Å². The van der Waals surface area contributed by atoms with E-state index in [-0.39, 0.29) is 18.2 Å². The maximum atomic E-state index is 12.8. The maximum absolute atomic E-state index is 12.8. The third-order valence-corrected chi connectivity index (χ3v) is 4.71. The van der Waals surface area contributed by atoms with E-state index in [0.717, 1.165) is 17.5 Å². The Morgan fingerprint density at radius 3 is 2.14 bits per heavy atom. The summed E-state index contributed by atoms with van der Waals surface area (Å²) < 4.78 is 5.69. The van der Waals surface area contributed by atoms with Gasteiger partial charge in [0.15, 0.2) is 10.4 Å².